The minimum absolute atomic E-state index is 0.134. The topological polar surface area (TPSA) is 276 Å². The Bertz CT molecular complexity index is 1570. The second kappa shape index (κ2) is 18.0. The van der Waals surface area contributed by atoms with Crippen LogP contribution in [0.15, 0.2) is 0 Å². The van der Waals surface area contributed by atoms with E-state index in [2.05, 4.69) is 27.7 Å². The molecular weight excluding hydrogens is 828 g/mol. The molecule has 5 aliphatic heterocycles. The predicted molar refractivity (Wildman–Crippen MR) is 216 cm³/mol. The van der Waals surface area contributed by atoms with Crippen LogP contribution in [0.1, 0.15) is 91.9 Å². The molecule has 0 bridgehead atoms. The van der Waals surface area contributed by atoms with E-state index in [1.807, 2.05) is 0 Å². The zero-order valence-electron chi connectivity index (χ0n) is 37.0. The normalized spacial score (nSPS) is 58.2. The third kappa shape index (κ3) is 7.88. The summed E-state index contributed by atoms with van der Waals surface area (Å²) in [5, 5.41) is 106. The molecule has 63 heavy (non-hydrogen) atoms. The van der Waals surface area contributed by atoms with Crippen molar-refractivity contribution in [1.82, 2.24) is 0 Å². The highest BCUT2D eigenvalue weighted by Gasteiger charge is 2.69. The van der Waals surface area contributed by atoms with Crippen molar-refractivity contribution in [2.24, 2.45) is 52.3 Å². The molecule has 10 N–H and O–H groups in total. The zero-order valence-corrected chi connectivity index (χ0v) is 37.0. The van der Waals surface area contributed by atoms with E-state index < -0.39 is 118 Å². The first-order valence-corrected chi connectivity index (χ1v) is 23.8. The van der Waals surface area contributed by atoms with Gasteiger partial charge in [-0.05, 0) is 104 Å². The van der Waals surface area contributed by atoms with Crippen LogP contribution in [0.2, 0.25) is 0 Å². The molecule has 1 spiro atoms. The van der Waals surface area contributed by atoms with Crippen LogP contribution >= 0.6 is 0 Å². The van der Waals surface area contributed by atoms with Crippen molar-refractivity contribution >= 4 is 0 Å². The molecule has 9 fully saturated rings. The molecule has 0 aromatic carbocycles. The van der Waals surface area contributed by atoms with Crippen molar-refractivity contribution < 1.29 is 89.0 Å². The largest absolute Gasteiger partial charge is 0.394 e. The summed E-state index contributed by atoms with van der Waals surface area (Å²) in [5.74, 6) is 3.29. The van der Waals surface area contributed by atoms with Crippen molar-refractivity contribution in [3.8, 4) is 0 Å². The van der Waals surface area contributed by atoms with Crippen LogP contribution < -0.4 is 0 Å². The maximum Gasteiger partial charge on any atom is 0.187 e. The standard InChI is InChI=1S/C45H74O18/c1-19-7-12-45(56-18-19)20(2)30-26(63-45)14-25-23-6-5-21-13-22(8-10-43(21,3)24(23)9-11-44(25,30)4)57-40-37(55)35(53)38(29(17-48)60-40)61-42-39(34(52)32(50)28(16-47)59-42)62-41-36(54)33(51)31(49)27(15-46)58-41/h19-42,46-55H,5-18H2,1-4H3/t19-,20+,21-,22+,23-,24+,25+,26+,27-,28-,29-,30+,31+,32-,33+,34+,35-,36-,37-,38-,39-,40-,41-,42+,43+,44+,45-/m1/s1. The molecular formula is C45H74O18. The van der Waals surface area contributed by atoms with E-state index in [1.165, 1.54) is 12.8 Å². The smallest absolute Gasteiger partial charge is 0.187 e. The third-order valence-corrected chi connectivity index (χ3v) is 18.3. The highest BCUT2D eigenvalue weighted by molar-refractivity contribution is 5.15. The molecule has 362 valence electrons. The predicted octanol–water partition coefficient (Wildman–Crippen LogP) is -0.734. The summed E-state index contributed by atoms with van der Waals surface area (Å²) in [6.45, 7) is 8.23. The first kappa shape index (κ1) is 47.4. The molecule has 4 aliphatic carbocycles. The van der Waals surface area contributed by atoms with Crippen molar-refractivity contribution in [2.45, 2.75) is 202 Å². The number of ether oxygens (including phenoxy) is 8. The van der Waals surface area contributed by atoms with E-state index in [1.54, 1.807) is 0 Å². The van der Waals surface area contributed by atoms with Gasteiger partial charge >= 0.3 is 0 Å². The summed E-state index contributed by atoms with van der Waals surface area (Å²) < 4.78 is 49.0. The van der Waals surface area contributed by atoms with Gasteiger partial charge in [-0.1, -0.05) is 27.7 Å². The van der Waals surface area contributed by atoms with Gasteiger partial charge in [-0.3, -0.25) is 0 Å². The van der Waals surface area contributed by atoms with Gasteiger partial charge in [0.1, 0.15) is 73.2 Å². The zero-order chi connectivity index (χ0) is 44.9. The second-order valence-corrected chi connectivity index (χ2v) is 21.5. The number of rotatable bonds is 9. The number of aliphatic hydroxyl groups excluding tert-OH is 10. The van der Waals surface area contributed by atoms with Gasteiger partial charge < -0.3 is 89.0 Å². The second-order valence-electron chi connectivity index (χ2n) is 21.5. The van der Waals surface area contributed by atoms with E-state index in [0.717, 1.165) is 58.0 Å². The van der Waals surface area contributed by atoms with Gasteiger partial charge in [0.25, 0.3) is 0 Å². The van der Waals surface area contributed by atoms with E-state index in [0.29, 0.717) is 41.4 Å². The molecule has 18 nitrogen and oxygen atoms in total. The summed E-state index contributed by atoms with van der Waals surface area (Å²) in [6, 6.07) is 0. The maximum atomic E-state index is 11.5. The van der Waals surface area contributed by atoms with E-state index >= 15 is 0 Å². The first-order valence-electron chi connectivity index (χ1n) is 23.8. The molecule has 5 saturated heterocycles. The summed E-state index contributed by atoms with van der Waals surface area (Å²) in [6.07, 6.45) is -14.2. The SMILES string of the molecule is C[C@@H]1CC[C@@]2(OC1)O[C@H]1C[C@H]3[C@@H]4CC[C@@H]5C[C@@H](O[C@@H]6O[C@H](CO)[C@@H](O[C@@H]7O[C@H](CO)[C@@H](O)[C@H](O)[C@H]7O[C@H]7O[C@H](CO)[C@H](O)[C@H](O)[C@H]7O)[C@H](O)[C@H]6O)CC[C@]5(C)[C@H]4CC[C@]3(C)[C@H]1[C@@H]2C. The average Bonchev–Trinajstić information content (AvgIpc) is 3.72. The van der Waals surface area contributed by atoms with Gasteiger partial charge in [-0.15, -0.1) is 0 Å². The van der Waals surface area contributed by atoms with Crippen LogP contribution in [-0.2, 0) is 37.9 Å². The lowest BCUT2D eigenvalue weighted by Crippen LogP contribution is -2.67. The van der Waals surface area contributed by atoms with Gasteiger partial charge in [-0.25, -0.2) is 0 Å². The van der Waals surface area contributed by atoms with Gasteiger partial charge in [0.2, 0.25) is 0 Å². The van der Waals surface area contributed by atoms with Crippen molar-refractivity contribution in [1.29, 1.82) is 0 Å². The molecule has 0 radical (unpaired) electrons. The Balaban J connectivity index is 0.833. The van der Waals surface area contributed by atoms with Crippen LogP contribution in [0.4, 0.5) is 0 Å². The maximum absolute atomic E-state index is 11.5. The highest BCUT2D eigenvalue weighted by Crippen LogP contribution is 2.71. The minimum Gasteiger partial charge on any atom is -0.394 e. The van der Waals surface area contributed by atoms with Crippen LogP contribution in [0.5, 0.6) is 0 Å². The van der Waals surface area contributed by atoms with Gasteiger partial charge in [0.15, 0.2) is 24.7 Å². The summed E-state index contributed by atoms with van der Waals surface area (Å²) in [5.41, 5.74) is 0.364. The number of hydrogen-bond acceptors (Lipinski definition) is 18. The Morgan fingerprint density at radius 3 is 1.84 bits per heavy atom. The Morgan fingerprint density at radius 1 is 0.556 bits per heavy atom. The summed E-state index contributed by atoms with van der Waals surface area (Å²) >= 11 is 0. The molecule has 4 saturated carbocycles. The fourth-order valence-corrected chi connectivity index (χ4v) is 14.7. The van der Waals surface area contributed by atoms with Crippen LogP contribution in [0.25, 0.3) is 0 Å². The number of aliphatic hydroxyl groups is 10. The molecule has 0 aromatic rings. The summed E-state index contributed by atoms with van der Waals surface area (Å²) in [4.78, 5) is 0. The molecule has 0 unspecified atom stereocenters. The fourth-order valence-electron chi connectivity index (χ4n) is 14.7. The Hall–Kier alpha value is -0.720. The molecule has 27 atom stereocenters. The number of fused-ring (bicyclic) bond motifs is 7. The lowest BCUT2D eigenvalue weighted by molar-refractivity contribution is -0.390. The quantitative estimate of drug-likeness (QED) is 0.128. The lowest BCUT2D eigenvalue weighted by atomic mass is 9.44. The lowest BCUT2D eigenvalue weighted by Gasteiger charge is -2.61. The molecule has 9 rings (SSSR count). The third-order valence-electron chi connectivity index (χ3n) is 18.3. The van der Waals surface area contributed by atoms with Crippen LogP contribution in [0.3, 0.4) is 0 Å². The molecule has 5 heterocycles. The van der Waals surface area contributed by atoms with Gasteiger partial charge in [0, 0.05) is 12.3 Å². The Labute approximate surface area is 369 Å². The van der Waals surface area contributed by atoms with Crippen LogP contribution in [-0.4, -0.2) is 188 Å². The summed E-state index contributed by atoms with van der Waals surface area (Å²) in [7, 11) is 0. The first-order chi connectivity index (χ1) is 30.0. The van der Waals surface area contributed by atoms with E-state index in [9.17, 15) is 51.1 Å². The Kier molecular flexibility index (Phi) is 13.5. The monoisotopic (exact) mass is 902 g/mol. The van der Waals surface area contributed by atoms with Crippen molar-refractivity contribution in [2.75, 3.05) is 26.4 Å². The molecule has 0 aromatic heterocycles. The molecule has 0 amide bonds. The Morgan fingerprint density at radius 2 is 1.16 bits per heavy atom. The fraction of sp³-hybridized carbons (Fsp3) is 1.00. The molecule has 9 aliphatic rings. The van der Waals surface area contributed by atoms with Crippen LogP contribution in [0, 0.1) is 52.3 Å². The average molecular weight is 903 g/mol. The minimum atomic E-state index is -1.89. The molecule has 18 heteroatoms. The van der Waals surface area contributed by atoms with Crippen molar-refractivity contribution in [3.63, 3.8) is 0 Å². The highest BCUT2D eigenvalue weighted by atomic mass is 16.8. The van der Waals surface area contributed by atoms with E-state index in [-0.39, 0.29) is 23.0 Å². The van der Waals surface area contributed by atoms with Crippen molar-refractivity contribution in [3.05, 3.63) is 0 Å². The van der Waals surface area contributed by atoms with Gasteiger partial charge in [0.05, 0.1) is 38.6 Å². The van der Waals surface area contributed by atoms with E-state index in [4.69, 9.17) is 37.9 Å². The number of hydrogen-bond donors (Lipinski definition) is 10. The van der Waals surface area contributed by atoms with Gasteiger partial charge in [-0.2, -0.15) is 0 Å².